The maximum absolute atomic E-state index is 14.5. The summed E-state index contributed by atoms with van der Waals surface area (Å²) in [5.41, 5.74) is 5.65. The highest BCUT2D eigenvalue weighted by molar-refractivity contribution is 5.91. The van der Waals surface area contributed by atoms with Crippen molar-refractivity contribution < 1.29 is 29.1 Å². The van der Waals surface area contributed by atoms with Crippen LogP contribution < -0.4 is 11.1 Å². The third kappa shape index (κ3) is 29.5. The van der Waals surface area contributed by atoms with Crippen molar-refractivity contribution in [2.45, 2.75) is 196 Å². The Hall–Kier alpha value is -2.73. The number of carbonyl (C=O) groups excluding carboxylic acids is 5. The molecular weight excluding hydrogens is 757 g/mol. The van der Waals surface area contributed by atoms with Gasteiger partial charge in [0, 0.05) is 32.7 Å². The fourth-order valence-corrected chi connectivity index (χ4v) is 7.79. The van der Waals surface area contributed by atoms with Crippen LogP contribution in [0, 0.1) is 11.8 Å². The third-order valence-corrected chi connectivity index (χ3v) is 11.9. The van der Waals surface area contributed by atoms with Crippen molar-refractivity contribution in [1.82, 2.24) is 24.9 Å². The minimum Gasteiger partial charge on any atom is -0.395 e. The SMILES string of the molecule is CCCCCCCCCCN(CC(=O)N(CC(=O)N(CCCCCCCCCC)CC(=O)N(CC(N)=O)CC(CC)CCCC)CC(CC)CCCC)C(=O)CNCCO. The number of nitrogens with one attached hydrogen (secondary N) is 1. The summed E-state index contributed by atoms with van der Waals surface area (Å²) in [6.07, 6.45) is 25.3. The molecule has 5 amide bonds. The fourth-order valence-electron chi connectivity index (χ4n) is 7.79. The molecule has 0 aliphatic carbocycles. The number of aliphatic hydroxyl groups excluding tert-OH is 1. The summed E-state index contributed by atoms with van der Waals surface area (Å²) in [4.78, 5) is 74.9. The first kappa shape index (κ1) is 57.3. The molecule has 12 heteroatoms. The van der Waals surface area contributed by atoms with Crippen molar-refractivity contribution in [1.29, 1.82) is 0 Å². The second-order valence-electron chi connectivity index (χ2n) is 17.3. The lowest BCUT2D eigenvalue weighted by molar-refractivity contribution is -0.147. The molecule has 2 atom stereocenters. The van der Waals surface area contributed by atoms with E-state index in [2.05, 4.69) is 46.9 Å². The summed E-state index contributed by atoms with van der Waals surface area (Å²) in [5.74, 6) is -1.25. The van der Waals surface area contributed by atoms with Gasteiger partial charge < -0.3 is 35.8 Å². The molecule has 0 heterocycles. The van der Waals surface area contributed by atoms with Gasteiger partial charge in [-0.1, -0.05) is 170 Å². The van der Waals surface area contributed by atoms with Gasteiger partial charge in [-0.05, 0) is 37.5 Å². The molecule has 60 heavy (non-hydrogen) atoms. The maximum atomic E-state index is 14.5. The van der Waals surface area contributed by atoms with E-state index >= 15 is 0 Å². The first-order chi connectivity index (χ1) is 29.0. The van der Waals surface area contributed by atoms with Gasteiger partial charge in [0.2, 0.25) is 29.5 Å². The Kier molecular flexibility index (Phi) is 37.4. The van der Waals surface area contributed by atoms with E-state index in [0.717, 1.165) is 103 Å². The second kappa shape index (κ2) is 39.1. The van der Waals surface area contributed by atoms with Gasteiger partial charge in [-0.2, -0.15) is 0 Å². The molecule has 0 aromatic heterocycles. The van der Waals surface area contributed by atoms with E-state index < -0.39 is 5.91 Å². The van der Waals surface area contributed by atoms with Crippen molar-refractivity contribution in [2.75, 3.05) is 72.1 Å². The van der Waals surface area contributed by atoms with Crippen LogP contribution >= 0.6 is 0 Å². The number of hydrogen-bond donors (Lipinski definition) is 3. The number of aliphatic hydroxyl groups is 1. The van der Waals surface area contributed by atoms with Crippen molar-refractivity contribution >= 4 is 29.5 Å². The normalized spacial score (nSPS) is 12.2. The minimum absolute atomic E-state index is 0.0193. The third-order valence-electron chi connectivity index (χ3n) is 11.9. The lowest BCUT2D eigenvalue weighted by Crippen LogP contribution is -2.52. The first-order valence-electron chi connectivity index (χ1n) is 24.7. The zero-order chi connectivity index (χ0) is 44.8. The molecule has 0 aromatic rings. The van der Waals surface area contributed by atoms with Gasteiger partial charge in [0.05, 0.1) is 39.3 Å². The molecule has 0 rings (SSSR count). The predicted molar refractivity (Wildman–Crippen MR) is 247 cm³/mol. The molecule has 352 valence electrons. The smallest absolute Gasteiger partial charge is 0.242 e. The molecule has 0 aliphatic heterocycles. The highest BCUT2D eigenvalue weighted by Crippen LogP contribution is 2.18. The van der Waals surface area contributed by atoms with Gasteiger partial charge in [-0.15, -0.1) is 0 Å². The lowest BCUT2D eigenvalue weighted by Gasteiger charge is -2.33. The predicted octanol–water partition coefficient (Wildman–Crippen LogP) is 8.08. The first-order valence-corrected chi connectivity index (χ1v) is 24.7. The number of carbonyl (C=O) groups is 5. The summed E-state index contributed by atoms with van der Waals surface area (Å²) >= 11 is 0. The van der Waals surface area contributed by atoms with E-state index in [-0.39, 0.29) is 81.3 Å². The molecule has 4 N–H and O–H groups in total. The molecule has 0 saturated heterocycles. The van der Waals surface area contributed by atoms with Crippen molar-refractivity contribution in [3.05, 3.63) is 0 Å². The number of nitrogens with zero attached hydrogens (tertiary/aromatic N) is 4. The van der Waals surface area contributed by atoms with Crippen LogP contribution in [0.2, 0.25) is 0 Å². The maximum Gasteiger partial charge on any atom is 0.242 e. The van der Waals surface area contributed by atoms with Crippen molar-refractivity contribution in [2.24, 2.45) is 17.6 Å². The molecule has 0 saturated carbocycles. The van der Waals surface area contributed by atoms with Crippen LogP contribution in [-0.4, -0.2) is 126 Å². The molecular formula is C48H94N6O6. The zero-order valence-electron chi connectivity index (χ0n) is 39.8. The molecule has 12 nitrogen and oxygen atoms in total. The van der Waals surface area contributed by atoms with E-state index in [1.165, 1.54) is 56.3 Å². The summed E-state index contributed by atoms with van der Waals surface area (Å²) in [6.45, 7) is 14.1. The van der Waals surface area contributed by atoms with Gasteiger partial charge in [0.15, 0.2) is 0 Å². The minimum atomic E-state index is -0.582. The number of nitrogens with two attached hydrogens (primary N) is 1. The van der Waals surface area contributed by atoms with E-state index in [1.54, 1.807) is 14.7 Å². The monoisotopic (exact) mass is 851 g/mol. The molecule has 0 bridgehead atoms. The molecule has 0 fully saturated rings. The topological polar surface area (TPSA) is 157 Å². The Balaban J connectivity index is 6.40. The van der Waals surface area contributed by atoms with Crippen LogP contribution in [0.15, 0.2) is 0 Å². The van der Waals surface area contributed by atoms with Crippen LogP contribution in [0.25, 0.3) is 0 Å². The molecule has 0 aliphatic rings. The van der Waals surface area contributed by atoms with Gasteiger partial charge in [0.25, 0.3) is 0 Å². The van der Waals surface area contributed by atoms with Crippen molar-refractivity contribution in [3.63, 3.8) is 0 Å². The average Bonchev–Trinajstić information content (AvgIpc) is 3.23. The van der Waals surface area contributed by atoms with Crippen LogP contribution in [-0.2, 0) is 24.0 Å². The largest absolute Gasteiger partial charge is 0.395 e. The standard InChI is InChI=1S/C48H94N6O6/c1-7-13-17-19-21-23-25-27-32-51(45(57)35-50-31-34-55)39-48(60)54(37-43(12-6)30-16-10-4)41-46(58)52(33-28-26-24-22-20-18-14-8-2)40-47(59)53(38-44(49)56)36-42(11-5)29-15-9-3/h42-43,50,55H,7-41H2,1-6H3,(H2,49,56). The Morgan fingerprint density at radius 2 is 0.817 bits per heavy atom. The van der Waals surface area contributed by atoms with Gasteiger partial charge in [-0.3, -0.25) is 24.0 Å². The van der Waals surface area contributed by atoms with E-state index in [0.29, 0.717) is 26.2 Å². The van der Waals surface area contributed by atoms with Gasteiger partial charge in [-0.25, -0.2) is 0 Å². The zero-order valence-corrected chi connectivity index (χ0v) is 39.8. The summed E-state index contributed by atoms with van der Waals surface area (Å²) < 4.78 is 0. The summed E-state index contributed by atoms with van der Waals surface area (Å²) in [5, 5.41) is 12.3. The number of rotatable bonds is 42. The van der Waals surface area contributed by atoms with E-state index in [1.807, 2.05) is 0 Å². The van der Waals surface area contributed by atoms with Crippen LogP contribution in [0.3, 0.4) is 0 Å². The van der Waals surface area contributed by atoms with E-state index in [4.69, 9.17) is 5.73 Å². The molecule has 2 unspecified atom stereocenters. The summed E-state index contributed by atoms with van der Waals surface area (Å²) in [7, 11) is 0. The Labute approximate surface area is 367 Å². The highest BCUT2D eigenvalue weighted by atomic mass is 16.3. The second-order valence-corrected chi connectivity index (χ2v) is 17.3. The Morgan fingerprint density at radius 3 is 1.20 bits per heavy atom. The van der Waals surface area contributed by atoms with Crippen molar-refractivity contribution in [3.8, 4) is 0 Å². The molecule has 0 radical (unpaired) electrons. The van der Waals surface area contributed by atoms with Crippen LogP contribution in [0.4, 0.5) is 0 Å². The number of unbranched alkanes of at least 4 members (excludes halogenated alkanes) is 16. The number of primary amides is 1. The number of amides is 5. The lowest BCUT2D eigenvalue weighted by atomic mass is 9.98. The van der Waals surface area contributed by atoms with Crippen LogP contribution in [0.5, 0.6) is 0 Å². The molecule has 0 aromatic carbocycles. The average molecular weight is 851 g/mol. The molecule has 0 spiro atoms. The Bertz CT molecular complexity index is 1110. The van der Waals surface area contributed by atoms with Crippen LogP contribution in [0.1, 0.15) is 196 Å². The Morgan fingerprint density at radius 1 is 0.467 bits per heavy atom. The van der Waals surface area contributed by atoms with Gasteiger partial charge >= 0.3 is 0 Å². The summed E-state index contributed by atoms with van der Waals surface area (Å²) in [6, 6.07) is 0. The fraction of sp³-hybridized carbons (Fsp3) is 0.896. The van der Waals surface area contributed by atoms with Gasteiger partial charge in [0.1, 0.15) is 0 Å². The highest BCUT2D eigenvalue weighted by Gasteiger charge is 2.29. The number of hydrogen-bond acceptors (Lipinski definition) is 7. The quantitative estimate of drug-likeness (QED) is 0.0525. The van der Waals surface area contributed by atoms with E-state index in [9.17, 15) is 29.1 Å².